The zero-order chi connectivity index (χ0) is 18.4. The molecule has 0 atom stereocenters. The zero-order valence-corrected chi connectivity index (χ0v) is 14.3. The first-order valence-electron chi connectivity index (χ1n) is 6.84. The summed E-state index contributed by atoms with van der Waals surface area (Å²) in [7, 11) is -2.52. The van der Waals surface area contributed by atoms with Gasteiger partial charge in [-0.25, -0.2) is 18.0 Å². The zero-order valence-electron chi connectivity index (χ0n) is 12.7. The van der Waals surface area contributed by atoms with Gasteiger partial charge in [0.05, 0.1) is 21.0 Å². The predicted octanol–water partition coefficient (Wildman–Crippen LogP) is 2.28. The van der Waals surface area contributed by atoms with Crippen molar-refractivity contribution in [2.45, 2.75) is 4.90 Å². The Morgan fingerprint density at radius 2 is 1.96 bits per heavy atom. The van der Waals surface area contributed by atoms with Gasteiger partial charge in [-0.2, -0.15) is 0 Å². The number of fused-ring (bicyclic) bond motifs is 1. The summed E-state index contributed by atoms with van der Waals surface area (Å²) >= 11 is 5.76. The van der Waals surface area contributed by atoms with Crippen LogP contribution in [0.1, 0.15) is 10.4 Å². The van der Waals surface area contributed by atoms with Crippen molar-refractivity contribution in [1.82, 2.24) is 4.57 Å². The highest BCUT2D eigenvalue weighted by Crippen LogP contribution is 2.24. The Morgan fingerprint density at radius 1 is 1.24 bits per heavy atom. The summed E-state index contributed by atoms with van der Waals surface area (Å²) in [6, 6.07) is 7.71. The van der Waals surface area contributed by atoms with Gasteiger partial charge in [-0.15, -0.1) is 0 Å². The fraction of sp³-hybridized carbons (Fsp3) is 0.0667. The molecule has 0 saturated heterocycles. The third-order valence-electron chi connectivity index (χ3n) is 3.52. The summed E-state index contributed by atoms with van der Waals surface area (Å²) in [6.45, 7) is 0. The number of nitrogens with zero attached hydrogens (tertiary/aromatic N) is 1. The van der Waals surface area contributed by atoms with E-state index in [1.54, 1.807) is 0 Å². The molecule has 0 radical (unpaired) electrons. The minimum Gasteiger partial charge on any atom is -0.478 e. The van der Waals surface area contributed by atoms with Crippen LogP contribution in [0.4, 0.5) is 5.69 Å². The van der Waals surface area contributed by atoms with E-state index in [-0.39, 0.29) is 26.8 Å². The second kappa shape index (κ2) is 5.94. The van der Waals surface area contributed by atoms with Crippen LogP contribution in [0.15, 0.2) is 50.5 Å². The minimum atomic E-state index is -4.02. The molecule has 0 aliphatic carbocycles. The van der Waals surface area contributed by atoms with Crippen molar-refractivity contribution in [2.24, 2.45) is 7.05 Å². The molecule has 3 rings (SSSR count). The maximum Gasteiger partial charge on any atom is 0.419 e. The van der Waals surface area contributed by atoms with Crippen molar-refractivity contribution >= 4 is 44.4 Å². The number of oxazole rings is 1. The Morgan fingerprint density at radius 3 is 2.64 bits per heavy atom. The molecule has 0 aliphatic heterocycles. The van der Waals surface area contributed by atoms with E-state index in [9.17, 15) is 18.0 Å². The van der Waals surface area contributed by atoms with Crippen molar-refractivity contribution in [1.29, 1.82) is 0 Å². The molecule has 1 heterocycles. The first kappa shape index (κ1) is 17.1. The van der Waals surface area contributed by atoms with Gasteiger partial charge in [-0.3, -0.25) is 9.29 Å². The van der Waals surface area contributed by atoms with Crippen LogP contribution < -0.4 is 10.5 Å². The first-order chi connectivity index (χ1) is 11.7. The van der Waals surface area contributed by atoms with E-state index in [0.717, 1.165) is 6.07 Å². The van der Waals surface area contributed by atoms with E-state index in [4.69, 9.17) is 21.1 Å². The summed E-state index contributed by atoms with van der Waals surface area (Å²) in [5, 5.41) is 9.03. The Bertz CT molecular complexity index is 1160. The van der Waals surface area contributed by atoms with Gasteiger partial charge in [0.2, 0.25) is 0 Å². The maximum absolute atomic E-state index is 12.5. The molecule has 2 aromatic carbocycles. The molecule has 0 saturated carbocycles. The van der Waals surface area contributed by atoms with Gasteiger partial charge in [0, 0.05) is 18.8 Å². The molecular formula is C15H11ClN2O6S. The Kier molecular flexibility index (Phi) is 4.05. The molecule has 3 aromatic rings. The number of anilines is 1. The van der Waals surface area contributed by atoms with Gasteiger partial charge < -0.3 is 9.52 Å². The van der Waals surface area contributed by atoms with Crippen LogP contribution in [0.3, 0.4) is 0 Å². The van der Waals surface area contributed by atoms with Gasteiger partial charge >= 0.3 is 11.7 Å². The molecule has 130 valence electrons. The number of benzene rings is 2. The molecule has 8 nitrogen and oxygen atoms in total. The molecule has 10 heteroatoms. The number of halogens is 1. The summed E-state index contributed by atoms with van der Waals surface area (Å²) in [5.41, 5.74) is 0.379. The second-order valence-corrected chi connectivity index (χ2v) is 7.25. The highest BCUT2D eigenvalue weighted by molar-refractivity contribution is 7.92. The van der Waals surface area contributed by atoms with Crippen LogP contribution in [0.25, 0.3) is 11.1 Å². The van der Waals surface area contributed by atoms with Crippen molar-refractivity contribution in [3.63, 3.8) is 0 Å². The van der Waals surface area contributed by atoms with Crippen molar-refractivity contribution < 1.29 is 22.7 Å². The molecule has 0 aliphatic rings. The first-order valence-corrected chi connectivity index (χ1v) is 8.70. The van der Waals surface area contributed by atoms with Crippen molar-refractivity contribution in [2.75, 3.05) is 4.72 Å². The lowest BCUT2D eigenvalue weighted by atomic mass is 10.2. The lowest BCUT2D eigenvalue weighted by Gasteiger charge is -2.09. The fourth-order valence-electron chi connectivity index (χ4n) is 2.25. The molecule has 0 bridgehead atoms. The number of nitrogens with one attached hydrogen (secondary N) is 1. The van der Waals surface area contributed by atoms with E-state index >= 15 is 0 Å². The number of carbonyl (C=O) groups is 1. The predicted molar refractivity (Wildman–Crippen MR) is 90.7 cm³/mol. The Hall–Kier alpha value is -2.78. The highest BCUT2D eigenvalue weighted by Gasteiger charge is 2.18. The number of rotatable bonds is 4. The van der Waals surface area contributed by atoms with Gasteiger partial charge in [0.25, 0.3) is 10.0 Å². The molecule has 0 fully saturated rings. The molecule has 0 amide bonds. The van der Waals surface area contributed by atoms with Crippen LogP contribution in [0.5, 0.6) is 0 Å². The molecule has 25 heavy (non-hydrogen) atoms. The topological polar surface area (TPSA) is 119 Å². The molecule has 1 aromatic heterocycles. The summed E-state index contributed by atoms with van der Waals surface area (Å²) < 4.78 is 33.5. The number of hydrogen-bond acceptors (Lipinski definition) is 5. The summed E-state index contributed by atoms with van der Waals surface area (Å²) in [5.74, 6) is -1.89. The number of hydrogen-bond donors (Lipinski definition) is 2. The molecule has 2 N–H and O–H groups in total. The maximum atomic E-state index is 12.5. The summed E-state index contributed by atoms with van der Waals surface area (Å²) in [6.07, 6.45) is 0. The van der Waals surface area contributed by atoms with Crippen LogP contribution in [0.2, 0.25) is 5.02 Å². The fourth-order valence-corrected chi connectivity index (χ4v) is 3.51. The van der Waals surface area contributed by atoms with Crippen LogP contribution in [-0.4, -0.2) is 24.1 Å². The van der Waals surface area contributed by atoms with Gasteiger partial charge in [-0.05, 0) is 30.3 Å². The molecular weight excluding hydrogens is 372 g/mol. The quantitative estimate of drug-likeness (QED) is 0.714. The van der Waals surface area contributed by atoms with E-state index < -0.39 is 21.7 Å². The number of aromatic nitrogens is 1. The third-order valence-corrected chi connectivity index (χ3v) is 5.23. The van der Waals surface area contributed by atoms with Crippen molar-refractivity contribution in [3.05, 3.63) is 57.5 Å². The van der Waals surface area contributed by atoms with E-state index in [2.05, 4.69) is 4.72 Å². The highest BCUT2D eigenvalue weighted by atomic mass is 35.5. The summed E-state index contributed by atoms with van der Waals surface area (Å²) in [4.78, 5) is 22.4. The number of carboxylic acids is 1. The Labute approximate surface area is 146 Å². The van der Waals surface area contributed by atoms with Crippen LogP contribution in [-0.2, 0) is 17.1 Å². The number of aromatic carboxylic acids is 1. The van der Waals surface area contributed by atoms with E-state index in [1.807, 2.05) is 0 Å². The van der Waals surface area contributed by atoms with E-state index in [1.165, 1.54) is 41.9 Å². The largest absolute Gasteiger partial charge is 0.478 e. The standard InChI is InChI=1S/C15H11ClN2O6S/c1-18-12-5-3-9(7-13(12)24-15(18)21)25(22,23)17-8-2-4-11(16)10(6-8)14(19)20/h2-7,17H,1H3,(H,19,20). The SMILES string of the molecule is Cn1c(=O)oc2cc(S(=O)(=O)Nc3ccc(Cl)c(C(=O)O)c3)ccc21. The number of sulfonamides is 1. The monoisotopic (exact) mass is 382 g/mol. The second-order valence-electron chi connectivity index (χ2n) is 5.16. The van der Waals surface area contributed by atoms with Crippen LogP contribution >= 0.6 is 11.6 Å². The smallest absolute Gasteiger partial charge is 0.419 e. The van der Waals surface area contributed by atoms with Gasteiger partial charge in [0.1, 0.15) is 0 Å². The number of carboxylic acid groups (broad SMARTS) is 1. The van der Waals surface area contributed by atoms with E-state index in [0.29, 0.717) is 5.52 Å². The molecule has 0 unspecified atom stereocenters. The van der Waals surface area contributed by atoms with Gasteiger partial charge in [0.15, 0.2) is 5.58 Å². The average molecular weight is 383 g/mol. The van der Waals surface area contributed by atoms with Crippen LogP contribution in [0, 0.1) is 0 Å². The number of aryl methyl sites for hydroxylation is 1. The van der Waals surface area contributed by atoms with Crippen molar-refractivity contribution in [3.8, 4) is 0 Å². The van der Waals surface area contributed by atoms with Gasteiger partial charge in [-0.1, -0.05) is 11.6 Å². The average Bonchev–Trinajstić information content (AvgIpc) is 2.83. The lowest BCUT2D eigenvalue weighted by molar-refractivity contribution is 0.0697. The molecule has 0 spiro atoms. The Balaban J connectivity index is 2.01. The lowest BCUT2D eigenvalue weighted by Crippen LogP contribution is -2.13. The minimum absolute atomic E-state index is 0.0112. The third kappa shape index (κ3) is 3.11. The normalized spacial score (nSPS) is 11.6.